The molecule has 0 amide bonds. The second-order valence-corrected chi connectivity index (χ2v) is 7.54. The van der Waals surface area contributed by atoms with Crippen molar-refractivity contribution in [2.45, 2.75) is 45.6 Å². The minimum atomic E-state index is 0.188. The van der Waals surface area contributed by atoms with Gasteiger partial charge in [-0.05, 0) is 38.8 Å². The molecule has 1 saturated carbocycles. The van der Waals surface area contributed by atoms with Crippen molar-refractivity contribution in [3.63, 3.8) is 0 Å². The molecule has 0 spiro atoms. The van der Waals surface area contributed by atoms with Crippen LogP contribution in [0.2, 0.25) is 0 Å². The van der Waals surface area contributed by atoms with Gasteiger partial charge in [-0.15, -0.1) is 0 Å². The molecule has 0 aromatic rings. The van der Waals surface area contributed by atoms with Crippen molar-refractivity contribution in [1.29, 1.82) is 0 Å². The summed E-state index contributed by atoms with van der Waals surface area (Å²) in [6, 6.07) is 0.679. The Bertz CT molecular complexity index is 284. The van der Waals surface area contributed by atoms with E-state index in [4.69, 9.17) is 0 Å². The number of rotatable bonds is 4. The van der Waals surface area contributed by atoms with E-state index >= 15 is 0 Å². The molecule has 19 heavy (non-hydrogen) atoms. The van der Waals surface area contributed by atoms with Crippen molar-refractivity contribution < 1.29 is 5.11 Å². The van der Waals surface area contributed by atoms with Crippen LogP contribution in [0.15, 0.2) is 0 Å². The molecule has 2 atom stereocenters. The summed E-state index contributed by atoms with van der Waals surface area (Å²) in [6.07, 6.45) is 5.01. The Balaban J connectivity index is 1.93. The van der Waals surface area contributed by atoms with Crippen LogP contribution in [-0.2, 0) is 0 Å². The first-order valence-electron chi connectivity index (χ1n) is 7.95. The molecule has 2 aliphatic rings. The first kappa shape index (κ1) is 15.3. The highest BCUT2D eigenvalue weighted by molar-refractivity contribution is 4.92. The zero-order chi connectivity index (χ0) is 14.0. The second-order valence-electron chi connectivity index (χ2n) is 7.54. The molecule has 3 nitrogen and oxygen atoms in total. The summed E-state index contributed by atoms with van der Waals surface area (Å²) in [4.78, 5) is 4.96. The molecule has 112 valence electrons. The van der Waals surface area contributed by atoms with Gasteiger partial charge in [0.1, 0.15) is 0 Å². The first-order chi connectivity index (χ1) is 8.96. The average molecular weight is 268 g/mol. The zero-order valence-corrected chi connectivity index (χ0v) is 13.2. The quantitative estimate of drug-likeness (QED) is 0.845. The fraction of sp³-hybridized carbons (Fsp3) is 1.00. The zero-order valence-electron chi connectivity index (χ0n) is 13.2. The Morgan fingerprint density at radius 2 is 1.79 bits per heavy atom. The lowest BCUT2D eigenvalue weighted by atomic mass is 9.71. The van der Waals surface area contributed by atoms with E-state index < -0.39 is 0 Å². The van der Waals surface area contributed by atoms with Crippen LogP contribution < -0.4 is 0 Å². The number of hydrogen-bond acceptors (Lipinski definition) is 3. The summed E-state index contributed by atoms with van der Waals surface area (Å²) >= 11 is 0. The number of nitrogens with zero attached hydrogens (tertiary/aromatic N) is 2. The van der Waals surface area contributed by atoms with Gasteiger partial charge in [0, 0.05) is 37.7 Å². The molecule has 0 bridgehead atoms. The van der Waals surface area contributed by atoms with Gasteiger partial charge in [0.25, 0.3) is 0 Å². The predicted molar refractivity (Wildman–Crippen MR) is 80.2 cm³/mol. The molecule has 0 aromatic heterocycles. The molecule has 3 heteroatoms. The van der Waals surface area contributed by atoms with E-state index in [0.717, 1.165) is 18.4 Å². The van der Waals surface area contributed by atoms with Crippen molar-refractivity contribution in [3.05, 3.63) is 0 Å². The lowest BCUT2D eigenvalue weighted by Gasteiger charge is -2.40. The molecule has 1 aliphatic carbocycles. The highest BCUT2D eigenvalue weighted by Gasteiger charge is 2.39. The highest BCUT2D eigenvalue weighted by atomic mass is 16.3. The maximum absolute atomic E-state index is 9.89. The Labute approximate surface area is 119 Å². The van der Waals surface area contributed by atoms with Gasteiger partial charge >= 0.3 is 0 Å². The molecule has 0 aromatic carbocycles. The van der Waals surface area contributed by atoms with Gasteiger partial charge in [-0.2, -0.15) is 0 Å². The fourth-order valence-electron chi connectivity index (χ4n) is 4.06. The van der Waals surface area contributed by atoms with Crippen LogP contribution in [0.5, 0.6) is 0 Å². The van der Waals surface area contributed by atoms with Crippen molar-refractivity contribution in [1.82, 2.24) is 9.80 Å². The Morgan fingerprint density at radius 3 is 2.26 bits per heavy atom. The molecule has 1 aliphatic heterocycles. The van der Waals surface area contributed by atoms with Crippen LogP contribution in [0.3, 0.4) is 0 Å². The number of likely N-dealkylation sites (N-methyl/N-ethyl adjacent to an activating group) is 1. The van der Waals surface area contributed by atoms with Crippen LogP contribution in [0.4, 0.5) is 0 Å². The van der Waals surface area contributed by atoms with Crippen LogP contribution in [0, 0.1) is 17.3 Å². The summed E-state index contributed by atoms with van der Waals surface area (Å²) < 4.78 is 0. The molecule has 0 radical (unpaired) electrons. The average Bonchev–Trinajstić information content (AvgIpc) is 2.73. The van der Waals surface area contributed by atoms with Crippen molar-refractivity contribution in [2.75, 3.05) is 40.3 Å². The normalized spacial score (nSPS) is 41.1. The summed E-state index contributed by atoms with van der Waals surface area (Å²) in [5.74, 6) is 1.60. The number of aliphatic hydroxyl groups excluding tert-OH is 1. The van der Waals surface area contributed by atoms with E-state index in [0.29, 0.717) is 12.6 Å². The maximum Gasteiger partial charge on any atom is 0.0499 e. The van der Waals surface area contributed by atoms with Crippen molar-refractivity contribution in [2.24, 2.45) is 17.3 Å². The SMILES string of the molecule is CC1CCC(CO)(CN2CC(C)C(N(C)C)C2)CC1. The van der Waals surface area contributed by atoms with Crippen LogP contribution in [-0.4, -0.2) is 61.3 Å². The number of aliphatic hydroxyl groups is 1. The molecule has 2 rings (SSSR count). The monoisotopic (exact) mass is 268 g/mol. The van der Waals surface area contributed by atoms with E-state index in [1.807, 2.05) is 0 Å². The molecule has 1 heterocycles. The highest BCUT2D eigenvalue weighted by Crippen LogP contribution is 2.40. The van der Waals surface area contributed by atoms with E-state index in [-0.39, 0.29) is 5.41 Å². The maximum atomic E-state index is 9.89. The van der Waals surface area contributed by atoms with Gasteiger partial charge in [-0.3, -0.25) is 0 Å². The fourth-order valence-corrected chi connectivity index (χ4v) is 4.06. The lowest BCUT2D eigenvalue weighted by molar-refractivity contribution is 0.0341. The first-order valence-corrected chi connectivity index (χ1v) is 7.95. The molecule has 1 N–H and O–H groups in total. The Hall–Kier alpha value is -0.120. The molecule has 2 fully saturated rings. The number of hydrogen-bond donors (Lipinski definition) is 1. The third kappa shape index (κ3) is 3.50. The predicted octanol–water partition coefficient (Wildman–Crippen LogP) is 2.06. The van der Waals surface area contributed by atoms with Gasteiger partial charge in [0.2, 0.25) is 0 Å². The number of likely N-dealkylation sites (tertiary alicyclic amines) is 1. The van der Waals surface area contributed by atoms with Crippen molar-refractivity contribution >= 4 is 0 Å². The Kier molecular flexibility index (Phi) is 4.91. The summed E-state index contributed by atoms with van der Waals surface area (Å²) in [5, 5.41) is 9.89. The van der Waals surface area contributed by atoms with E-state index in [2.05, 4.69) is 37.7 Å². The Morgan fingerprint density at radius 1 is 1.16 bits per heavy atom. The van der Waals surface area contributed by atoms with Gasteiger partial charge in [0.05, 0.1) is 0 Å². The van der Waals surface area contributed by atoms with Crippen LogP contribution >= 0.6 is 0 Å². The van der Waals surface area contributed by atoms with Crippen LogP contribution in [0.25, 0.3) is 0 Å². The molecular weight excluding hydrogens is 236 g/mol. The minimum Gasteiger partial charge on any atom is -0.396 e. The van der Waals surface area contributed by atoms with Crippen molar-refractivity contribution in [3.8, 4) is 0 Å². The van der Waals surface area contributed by atoms with Gasteiger partial charge in [-0.25, -0.2) is 0 Å². The second kappa shape index (κ2) is 6.11. The van der Waals surface area contributed by atoms with Gasteiger partial charge in [-0.1, -0.05) is 26.7 Å². The summed E-state index contributed by atoms with van der Waals surface area (Å²) in [6.45, 7) is 8.55. The minimum absolute atomic E-state index is 0.188. The molecule has 1 saturated heterocycles. The standard InChI is InChI=1S/C16H32N2O/c1-13-5-7-16(12-19,8-6-13)11-18-9-14(2)15(10-18)17(3)4/h13-15,19H,5-12H2,1-4H3. The van der Waals surface area contributed by atoms with E-state index in [9.17, 15) is 5.11 Å². The van der Waals surface area contributed by atoms with E-state index in [1.165, 1.54) is 38.8 Å². The van der Waals surface area contributed by atoms with Crippen LogP contribution in [0.1, 0.15) is 39.5 Å². The van der Waals surface area contributed by atoms with E-state index in [1.54, 1.807) is 0 Å². The summed E-state index contributed by atoms with van der Waals surface area (Å²) in [5.41, 5.74) is 0.188. The smallest absolute Gasteiger partial charge is 0.0499 e. The lowest BCUT2D eigenvalue weighted by Crippen LogP contribution is -2.42. The third-order valence-corrected chi connectivity index (χ3v) is 5.54. The van der Waals surface area contributed by atoms with Gasteiger partial charge in [0.15, 0.2) is 0 Å². The van der Waals surface area contributed by atoms with Gasteiger partial charge < -0.3 is 14.9 Å². The largest absolute Gasteiger partial charge is 0.396 e. The third-order valence-electron chi connectivity index (χ3n) is 5.54. The topological polar surface area (TPSA) is 26.7 Å². The summed E-state index contributed by atoms with van der Waals surface area (Å²) in [7, 11) is 4.38. The molecular formula is C16H32N2O. The molecule has 2 unspecified atom stereocenters.